The SMILES string of the molecule is C[C@@H](NC(=O)NCCCn1cccn1)c1noc(-c2ccccc2)n1. The van der Waals surface area contributed by atoms with Gasteiger partial charge in [-0.3, -0.25) is 4.68 Å². The molecule has 3 rings (SSSR count). The first-order valence-electron chi connectivity index (χ1n) is 8.13. The van der Waals surface area contributed by atoms with Gasteiger partial charge in [0.05, 0.1) is 6.04 Å². The number of aryl methyl sites for hydroxylation is 1. The van der Waals surface area contributed by atoms with Crippen LogP contribution in [0.5, 0.6) is 0 Å². The van der Waals surface area contributed by atoms with Crippen molar-refractivity contribution in [2.75, 3.05) is 6.54 Å². The van der Waals surface area contributed by atoms with Gasteiger partial charge in [0.15, 0.2) is 5.82 Å². The van der Waals surface area contributed by atoms with Gasteiger partial charge in [0.25, 0.3) is 5.89 Å². The van der Waals surface area contributed by atoms with Gasteiger partial charge in [-0.1, -0.05) is 23.4 Å². The third-order valence-electron chi connectivity index (χ3n) is 3.61. The Labute approximate surface area is 145 Å². The van der Waals surface area contributed by atoms with Crippen LogP contribution in [-0.4, -0.2) is 32.5 Å². The van der Waals surface area contributed by atoms with Crippen LogP contribution in [0.1, 0.15) is 25.2 Å². The Kier molecular flexibility index (Phi) is 5.40. The highest BCUT2D eigenvalue weighted by molar-refractivity contribution is 5.74. The number of rotatable bonds is 7. The molecule has 0 bridgehead atoms. The number of hydrogen-bond acceptors (Lipinski definition) is 5. The summed E-state index contributed by atoms with van der Waals surface area (Å²) in [5.74, 6) is 0.870. The lowest BCUT2D eigenvalue weighted by molar-refractivity contribution is 0.237. The Morgan fingerprint density at radius 2 is 2.12 bits per heavy atom. The quantitative estimate of drug-likeness (QED) is 0.644. The molecule has 0 unspecified atom stereocenters. The minimum atomic E-state index is -0.354. The smallest absolute Gasteiger partial charge is 0.315 e. The van der Waals surface area contributed by atoms with Crippen LogP contribution >= 0.6 is 0 Å². The van der Waals surface area contributed by atoms with E-state index < -0.39 is 0 Å². The number of benzene rings is 1. The molecule has 1 aromatic carbocycles. The maximum atomic E-state index is 11.9. The molecule has 0 aliphatic carbocycles. The normalized spacial score (nSPS) is 11.9. The molecule has 130 valence electrons. The second kappa shape index (κ2) is 8.09. The number of carbonyl (C=O) groups is 1. The van der Waals surface area contributed by atoms with Crippen molar-refractivity contribution in [1.82, 2.24) is 30.6 Å². The molecule has 0 aliphatic heterocycles. The van der Waals surface area contributed by atoms with E-state index in [9.17, 15) is 4.79 Å². The number of urea groups is 1. The molecule has 2 aromatic heterocycles. The number of carbonyl (C=O) groups excluding carboxylic acids is 1. The van der Waals surface area contributed by atoms with E-state index in [0.29, 0.717) is 18.3 Å². The second-order valence-electron chi connectivity index (χ2n) is 5.57. The monoisotopic (exact) mass is 340 g/mol. The van der Waals surface area contributed by atoms with Gasteiger partial charge in [0, 0.05) is 31.0 Å². The predicted octanol–water partition coefficient (Wildman–Crippen LogP) is 2.38. The summed E-state index contributed by atoms with van der Waals surface area (Å²) in [7, 11) is 0. The first-order chi connectivity index (χ1) is 12.2. The zero-order chi connectivity index (χ0) is 17.5. The molecular weight excluding hydrogens is 320 g/mol. The van der Waals surface area contributed by atoms with Crippen molar-refractivity contribution in [3.8, 4) is 11.5 Å². The number of nitrogens with zero attached hydrogens (tertiary/aromatic N) is 4. The van der Waals surface area contributed by atoms with Gasteiger partial charge in [-0.05, 0) is 31.5 Å². The Bertz CT molecular complexity index is 785. The van der Waals surface area contributed by atoms with Crippen LogP contribution in [0.2, 0.25) is 0 Å². The zero-order valence-electron chi connectivity index (χ0n) is 13.9. The van der Waals surface area contributed by atoms with Crippen molar-refractivity contribution in [3.05, 3.63) is 54.6 Å². The lowest BCUT2D eigenvalue weighted by atomic mass is 10.2. The van der Waals surface area contributed by atoms with Crippen molar-refractivity contribution in [2.45, 2.75) is 25.9 Å². The Morgan fingerprint density at radius 3 is 2.88 bits per heavy atom. The molecule has 8 heteroatoms. The first kappa shape index (κ1) is 16.7. The molecule has 1 atom stereocenters. The molecular formula is C17H20N6O2. The highest BCUT2D eigenvalue weighted by Gasteiger charge is 2.16. The molecule has 0 saturated carbocycles. The van der Waals surface area contributed by atoms with Crippen LogP contribution in [0.3, 0.4) is 0 Å². The lowest BCUT2D eigenvalue weighted by Gasteiger charge is -2.11. The van der Waals surface area contributed by atoms with Crippen molar-refractivity contribution in [1.29, 1.82) is 0 Å². The summed E-state index contributed by atoms with van der Waals surface area (Å²) in [4.78, 5) is 16.3. The van der Waals surface area contributed by atoms with E-state index in [0.717, 1.165) is 18.5 Å². The molecule has 25 heavy (non-hydrogen) atoms. The van der Waals surface area contributed by atoms with Gasteiger partial charge in [-0.15, -0.1) is 0 Å². The molecule has 0 radical (unpaired) electrons. The van der Waals surface area contributed by atoms with Gasteiger partial charge in [0.1, 0.15) is 0 Å². The number of hydrogen-bond donors (Lipinski definition) is 2. The van der Waals surface area contributed by atoms with Gasteiger partial charge < -0.3 is 15.2 Å². The van der Waals surface area contributed by atoms with Crippen molar-refractivity contribution < 1.29 is 9.32 Å². The standard InChI is InChI=1S/C17H20N6O2/c1-13(15-21-16(25-22-15)14-7-3-2-4-8-14)20-17(24)18-9-5-11-23-12-6-10-19-23/h2-4,6-8,10,12-13H,5,9,11H2,1H3,(H2,18,20,24)/t13-/m1/s1. The summed E-state index contributed by atoms with van der Waals surface area (Å²) >= 11 is 0. The summed E-state index contributed by atoms with van der Waals surface area (Å²) < 4.78 is 7.08. The van der Waals surface area contributed by atoms with Gasteiger partial charge in [-0.25, -0.2) is 4.79 Å². The Balaban J connectivity index is 1.44. The molecule has 0 fully saturated rings. The van der Waals surface area contributed by atoms with E-state index in [1.165, 1.54) is 0 Å². The highest BCUT2D eigenvalue weighted by atomic mass is 16.5. The third-order valence-corrected chi connectivity index (χ3v) is 3.61. The van der Waals surface area contributed by atoms with Gasteiger partial charge >= 0.3 is 6.03 Å². The van der Waals surface area contributed by atoms with E-state index in [4.69, 9.17) is 4.52 Å². The summed E-state index contributed by atoms with van der Waals surface area (Å²) in [5.41, 5.74) is 0.844. The third kappa shape index (κ3) is 4.66. The fraction of sp³-hybridized carbons (Fsp3) is 0.294. The Hall–Kier alpha value is -3.16. The van der Waals surface area contributed by atoms with Crippen molar-refractivity contribution in [2.24, 2.45) is 0 Å². The van der Waals surface area contributed by atoms with Crippen LogP contribution in [0.15, 0.2) is 53.3 Å². The van der Waals surface area contributed by atoms with Crippen LogP contribution in [0.4, 0.5) is 4.79 Å². The maximum Gasteiger partial charge on any atom is 0.315 e. The fourth-order valence-corrected chi connectivity index (χ4v) is 2.30. The van der Waals surface area contributed by atoms with Crippen LogP contribution in [0, 0.1) is 0 Å². The molecule has 3 aromatic rings. The summed E-state index contributed by atoms with van der Waals surface area (Å²) in [5, 5.41) is 13.6. The molecule has 0 aliphatic rings. The van der Waals surface area contributed by atoms with Gasteiger partial charge in [-0.2, -0.15) is 10.1 Å². The zero-order valence-corrected chi connectivity index (χ0v) is 13.9. The van der Waals surface area contributed by atoms with Crippen LogP contribution in [0.25, 0.3) is 11.5 Å². The van der Waals surface area contributed by atoms with Gasteiger partial charge in [0.2, 0.25) is 0 Å². The molecule has 0 spiro atoms. The molecule has 2 amide bonds. The average molecular weight is 340 g/mol. The van der Waals surface area contributed by atoms with E-state index in [1.54, 1.807) is 6.20 Å². The minimum Gasteiger partial charge on any atom is -0.338 e. The molecule has 2 N–H and O–H groups in total. The molecule has 2 heterocycles. The topological polar surface area (TPSA) is 97.9 Å². The predicted molar refractivity (Wildman–Crippen MR) is 91.5 cm³/mol. The second-order valence-corrected chi connectivity index (χ2v) is 5.57. The van der Waals surface area contributed by atoms with Crippen molar-refractivity contribution >= 4 is 6.03 Å². The average Bonchev–Trinajstić information content (AvgIpc) is 3.31. The molecule has 0 saturated heterocycles. The summed E-state index contributed by atoms with van der Waals surface area (Å²) in [6.45, 7) is 3.12. The highest BCUT2D eigenvalue weighted by Crippen LogP contribution is 2.18. The van der Waals surface area contributed by atoms with E-state index in [1.807, 2.05) is 54.2 Å². The maximum absolute atomic E-state index is 11.9. The fourth-order valence-electron chi connectivity index (χ4n) is 2.30. The van der Waals surface area contributed by atoms with E-state index >= 15 is 0 Å². The summed E-state index contributed by atoms with van der Waals surface area (Å²) in [6.07, 6.45) is 4.42. The number of nitrogens with one attached hydrogen (secondary N) is 2. The Morgan fingerprint density at radius 1 is 1.28 bits per heavy atom. The molecule has 8 nitrogen and oxygen atoms in total. The van der Waals surface area contributed by atoms with E-state index in [-0.39, 0.29) is 12.1 Å². The largest absolute Gasteiger partial charge is 0.338 e. The summed E-state index contributed by atoms with van der Waals surface area (Å²) in [6, 6.07) is 10.8. The van der Waals surface area contributed by atoms with Crippen molar-refractivity contribution in [3.63, 3.8) is 0 Å². The number of amides is 2. The van der Waals surface area contributed by atoms with Crippen LogP contribution in [-0.2, 0) is 6.54 Å². The minimum absolute atomic E-state index is 0.265. The number of aromatic nitrogens is 4. The van der Waals surface area contributed by atoms with Crippen LogP contribution < -0.4 is 10.6 Å². The van der Waals surface area contributed by atoms with E-state index in [2.05, 4.69) is 25.9 Å². The lowest BCUT2D eigenvalue weighted by Crippen LogP contribution is -2.38. The first-order valence-corrected chi connectivity index (χ1v) is 8.13.